The Morgan fingerprint density at radius 2 is 1.78 bits per heavy atom. The topological polar surface area (TPSA) is 117 Å². The molecule has 2 amide bonds. The Morgan fingerprint density at radius 1 is 1.04 bits per heavy atom. The molecule has 3 aliphatic carbocycles. The van der Waals surface area contributed by atoms with Gasteiger partial charge in [-0.05, 0) is 58.5 Å². The van der Waals surface area contributed by atoms with Crippen molar-refractivity contribution in [2.45, 2.75) is 31.5 Å². The van der Waals surface area contributed by atoms with E-state index in [1.54, 1.807) is 18.2 Å². The number of nitrogens with zero attached hydrogens (tertiary/aromatic N) is 3. The van der Waals surface area contributed by atoms with Crippen LogP contribution in [0.25, 0.3) is 0 Å². The maximum atomic E-state index is 14.2. The van der Waals surface area contributed by atoms with E-state index < -0.39 is 64.7 Å². The van der Waals surface area contributed by atoms with Crippen LogP contribution in [-0.4, -0.2) is 45.5 Å². The predicted molar refractivity (Wildman–Crippen MR) is 178 cm³/mol. The number of phenols is 1. The summed E-state index contributed by atoms with van der Waals surface area (Å²) < 4.78 is 46.5. The van der Waals surface area contributed by atoms with Crippen molar-refractivity contribution in [3.05, 3.63) is 116 Å². The number of benzene rings is 2. The summed E-state index contributed by atoms with van der Waals surface area (Å²) in [5.74, 6) is -6.21. The van der Waals surface area contributed by atoms with E-state index in [9.17, 15) is 37.5 Å². The third-order valence-corrected chi connectivity index (χ3v) is 10.5. The van der Waals surface area contributed by atoms with Crippen LogP contribution in [0.15, 0.2) is 94.0 Å². The number of carbonyl (C=O) groups excluding carboxylic acids is 4. The fraction of sp³-hybridized carbons (Fsp3) is 0.250. The lowest BCUT2D eigenvalue weighted by Crippen LogP contribution is -2.46. The number of carbonyl (C=O) groups is 4. The van der Waals surface area contributed by atoms with E-state index in [-0.39, 0.29) is 45.8 Å². The van der Waals surface area contributed by atoms with Crippen LogP contribution >= 0.6 is 27.5 Å². The van der Waals surface area contributed by atoms with Crippen molar-refractivity contribution in [3.63, 3.8) is 0 Å². The fourth-order valence-electron chi connectivity index (χ4n) is 7.35. The summed E-state index contributed by atoms with van der Waals surface area (Å²) in [7, 11) is 1.23. The van der Waals surface area contributed by atoms with Crippen LogP contribution in [-0.2, 0) is 32.0 Å². The Balaban J connectivity index is 1.26. The zero-order chi connectivity index (χ0) is 35.6. The maximum absolute atomic E-state index is 14.2. The summed E-state index contributed by atoms with van der Waals surface area (Å²) in [5, 5.41) is 12.8. The molecule has 14 heteroatoms. The van der Waals surface area contributed by atoms with Crippen LogP contribution in [0, 0.1) is 17.8 Å². The molecule has 2 aromatic carbocycles. The minimum atomic E-state index is -4.81. The number of anilines is 1. The molecule has 1 aliphatic heterocycles. The van der Waals surface area contributed by atoms with Crippen molar-refractivity contribution in [3.8, 4) is 11.5 Å². The molecule has 1 N–H and O–H groups in total. The van der Waals surface area contributed by atoms with Gasteiger partial charge in [0.15, 0.2) is 17.4 Å². The largest absolute Gasteiger partial charge is 0.507 e. The van der Waals surface area contributed by atoms with Gasteiger partial charge in [0.1, 0.15) is 23.8 Å². The Bertz CT molecular complexity index is 2080. The molecule has 256 valence electrons. The number of hydrazine groups is 1. The lowest BCUT2D eigenvalue weighted by atomic mass is 9.59. The lowest BCUT2D eigenvalue weighted by molar-refractivity contribution is -0.141. The number of alkyl halides is 3. The molecule has 3 aromatic rings. The van der Waals surface area contributed by atoms with Gasteiger partial charge < -0.3 is 9.84 Å². The number of allylic oxidation sites excluding steroid dienone is 6. The Morgan fingerprint density at radius 3 is 2.48 bits per heavy atom. The van der Waals surface area contributed by atoms with Gasteiger partial charge in [-0.25, -0.2) is 4.98 Å². The smallest absolute Gasteiger partial charge is 0.433 e. The van der Waals surface area contributed by atoms with Crippen molar-refractivity contribution < 1.29 is 42.2 Å². The van der Waals surface area contributed by atoms with Gasteiger partial charge in [0.25, 0.3) is 11.8 Å². The van der Waals surface area contributed by atoms with Crippen LogP contribution in [0.4, 0.5) is 19.0 Å². The quantitative estimate of drug-likeness (QED) is 0.165. The van der Waals surface area contributed by atoms with Gasteiger partial charge in [-0.15, -0.1) is 0 Å². The highest BCUT2D eigenvalue weighted by molar-refractivity contribution is 9.12. The van der Waals surface area contributed by atoms with E-state index >= 15 is 0 Å². The molecular formula is C36H26BrClF3N3O6. The number of rotatable bonds is 6. The average molecular weight is 769 g/mol. The summed E-state index contributed by atoms with van der Waals surface area (Å²) >= 11 is 9.39. The van der Waals surface area contributed by atoms with E-state index in [2.05, 4.69) is 20.9 Å². The molecule has 0 bridgehead atoms. The minimum absolute atomic E-state index is 0.0362. The van der Waals surface area contributed by atoms with Crippen LogP contribution in [0.2, 0.25) is 5.02 Å². The molecule has 1 aromatic heterocycles. The van der Waals surface area contributed by atoms with Gasteiger partial charge in [-0.2, -0.15) is 18.2 Å². The number of hydrogen-bond donors (Lipinski definition) is 1. The first-order valence-electron chi connectivity index (χ1n) is 15.5. The summed E-state index contributed by atoms with van der Waals surface area (Å²) in [5.41, 5.74) is 0.847. The normalized spacial score (nSPS) is 23.3. The number of aromatic nitrogens is 1. The molecule has 4 unspecified atom stereocenters. The highest BCUT2D eigenvalue weighted by Crippen LogP contribution is 2.56. The number of phenolic OH excluding ortho intramolecular Hbond substituents is 1. The first kappa shape index (κ1) is 33.7. The molecule has 0 saturated carbocycles. The number of hydrogen-bond acceptors (Lipinski definition) is 8. The van der Waals surface area contributed by atoms with Crippen LogP contribution < -0.4 is 9.75 Å². The van der Waals surface area contributed by atoms with Crippen LogP contribution in [0.5, 0.6) is 11.5 Å². The molecule has 7 rings (SSSR count). The maximum Gasteiger partial charge on any atom is 0.433 e. The molecule has 0 spiro atoms. The Kier molecular flexibility index (Phi) is 8.46. The number of amides is 2. The van der Waals surface area contributed by atoms with Crippen molar-refractivity contribution >= 4 is 56.7 Å². The lowest BCUT2D eigenvalue weighted by Gasteiger charge is -2.42. The number of imide groups is 1. The number of Topliss-reactive ketones (excluding diaryl/α,β-unsaturated/α-hetero) is 1. The first-order valence-corrected chi connectivity index (χ1v) is 16.7. The summed E-state index contributed by atoms with van der Waals surface area (Å²) in [6.07, 6.45) is -1.85. The first-order chi connectivity index (χ1) is 23.8. The number of fused-ring (bicyclic) bond motifs is 3. The fourth-order valence-corrected chi connectivity index (χ4v) is 8.03. The summed E-state index contributed by atoms with van der Waals surface area (Å²) in [6.45, 7) is 0.239. The highest BCUT2D eigenvalue weighted by atomic mass is 79.9. The number of aromatic hydroxyl groups is 1. The van der Waals surface area contributed by atoms with Crippen molar-refractivity contribution in [2.24, 2.45) is 17.8 Å². The van der Waals surface area contributed by atoms with Crippen molar-refractivity contribution in [1.82, 2.24) is 9.99 Å². The van der Waals surface area contributed by atoms with Crippen molar-refractivity contribution in [1.29, 1.82) is 0 Å². The van der Waals surface area contributed by atoms with E-state index in [1.807, 2.05) is 30.3 Å². The SMILES string of the molecule is CN(c1nc(C(F)(F)F)ccc1Cl)N1C(=O)C2CC=C3C(c4ccc(OCc5ccccc5)cc4O)C4=C(CC3C2C1=O)C(=O)C(Br)=CC4=O. The summed E-state index contributed by atoms with van der Waals surface area (Å²) in [4.78, 5) is 58.8. The second-order valence-electron chi connectivity index (χ2n) is 12.4. The van der Waals surface area contributed by atoms with Crippen molar-refractivity contribution in [2.75, 3.05) is 12.1 Å². The number of pyridine rings is 1. The Labute approximate surface area is 296 Å². The molecular weight excluding hydrogens is 743 g/mol. The predicted octanol–water partition coefficient (Wildman–Crippen LogP) is 6.85. The molecule has 4 atom stereocenters. The molecule has 50 heavy (non-hydrogen) atoms. The van der Waals surface area contributed by atoms with E-state index in [0.717, 1.165) is 21.6 Å². The standard InChI is InChI=1S/C36H26BrClF3N3O6/c1-43(33-25(38)11-12-28(42-33)36(39,40)41)44-34(48)21-10-9-19-22(30(21)35(44)49)14-23-31(27(46)15-24(37)32(23)47)29(19)20-8-7-18(13-26(20)45)50-16-17-5-3-2-4-6-17/h2-9,11-13,15,21-22,29-30,45H,10,14,16H2,1H3. The summed E-state index contributed by atoms with van der Waals surface area (Å²) in [6, 6.07) is 15.8. The van der Waals surface area contributed by atoms with E-state index in [4.69, 9.17) is 16.3 Å². The van der Waals surface area contributed by atoms with E-state index in [0.29, 0.717) is 23.0 Å². The average Bonchev–Trinajstić information content (AvgIpc) is 3.34. The van der Waals surface area contributed by atoms with Gasteiger partial charge in [0.2, 0.25) is 0 Å². The minimum Gasteiger partial charge on any atom is -0.507 e. The van der Waals surface area contributed by atoms with Gasteiger partial charge >= 0.3 is 6.18 Å². The number of ketones is 2. The molecule has 1 saturated heterocycles. The zero-order valence-corrected chi connectivity index (χ0v) is 28.4. The van der Waals surface area contributed by atoms with Gasteiger partial charge in [-0.1, -0.05) is 59.6 Å². The van der Waals surface area contributed by atoms with Gasteiger partial charge in [-0.3, -0.25) is 24.2 Å². The third kappa shape index (κ3) is 5.62. The van der Waals surface area contributed by atoms with Gasteiger partial charge in [0.05, 0.1) is 21.3 Å². The molecule has 4 aliphatic rings. The van der Waals surface area contributed by atoms with Gasteiger partial charge in [0, 0.05) is 41.8 Å². The highest BCUT2D eigenvalue weighted by Gasteiger charge is 2.58. The molecule has 0 radical (unpaired) electrons. The van der Waals surface area contributed by atoms with Crippen LogP contribution in [0.1, 0.15) is 35.6 Å². The second kappa shape index (κ2) is 12.5. The second-order valence-corrected chi connectivity index (χ2v) is 13.7. The van der Waals surface area contributed by atoms with Crippen LogP contribution in [0.3, 0.4) is 0 Å². The number of ether oxygens (including phenoxy) is 1. The molecule has 1 fully saturated rings. The Hall–Kier alpha value is -4.75. The molecule has 2 heterocycles. The number of halogens is 5. The zero-order valence-electron chi connectivity index (χ0n) is 26.1. The third-order valence-electron chi connectivity index (χ3n) is 9.59. The van der Waals surface area contributed by atoms with E-state index in [1.165, 1.54) is 19.2 Å². The monoisotopic (exact) mass is 767 g/mol. The molecule has 9 nitrogen and oxygen atoms in total.